The average molecular weight is 174 g/mol. The number of hydrogen-bond donors (Lipinski definition) is 0. The van der Waals surface area contributed by atoms with Gasteiger partial charge in [0.1, 0.15) is 5.65 Å². The molecule has 0 aliphatic rings. The van der Waals surface area contributed by atoms with Crippen LogP contribution in [0.1, 0.15) is 11.3 Å². The third-order valence-corrected chi connectivity index (χ3v) is 2.13. The molecule has 0 spiro atoms. The van der Waals surface area contributed by atoms with Crippen molar-refractivity contribution in [3.63, 3.8) is 0 Å². The van der Waals surface area contributed by atoms with E-state index in [1.807, 2.05) is 26.0 Å². The lowest BCUT2D eigenvalue weighted by atomic mass is 10.2. The number of aryl methyl sites for hydroxylation is 2. The fourth-order valence-corrected chi connectivity index (χ4v) is 1.42. The highest BCUT2D eigenvalue weighted by Gasteiger charge is 2.01. The van der Waals surface area contributed by atoms with Crippen LogP contribution in [0.5, 0.6) is 0 Å². The van der Waals surface area contributed by atoms with Gasteiger partial charge in [-0.2, -0.15) is 0 Å². The molecule has 0 aliphatic carbocycles. The molecule has 0 bridgehead atoms. The van der Waals surface area contributed by atoms with Crippen molar-refractivity contribution in [1.82, 2.24) is 9.38 Å². The summed E-state index contributed by atoms with van der Waals surface area (Å²) in [7, 11) is 0. The molecule has 0 fully saturated rings. The highest BCUT2D eigenvalue weighted by atomic mass is 16.1. The zero-order chi connectivity index (χ0) is 9.42. The molecule has 0 aromatic carbocycles. The Labute approximate surface area is 75.7 Å². The molecule has 2 heterocycles. The van der Waals surface area contributed by atoms with E-state index in [9.17, 15) is 4.79 Å². The molecule has 2 aromatic heterocycles. The third-order valence-electron chi connectivity index (χ3n) is 2.13. The van der Waals surface area contributed by atoms with Crippen LogP contribution < -0.4 is 5.56 Å². The van der Waals surface area contributed by atoms with E-state index in [1.54, 1.807) is 10.6 Å². The van der Waals surface area contributed by atoms with E-state index in [0.717, 1.165) is 16.9 Å². The van der Waals surface area contributed by atoms with Gasteiger partial charge >= 0.3 is 0 Å². The maximum Gasteiger partial charge on any atom is 0.258 e. The van der Waals surface area contributed by atoms with Crippen LogP contribution in [-0.4, -0.2) is 9.38 Å². The first-order chi connectivity index (χ1) is 6.20. The predicted molar refractivity (Wildman–Crippen MR) is 50.9 cm³/mol. The first-order valence-corrected chi connectivity index (χ1v) is 4.14. The number of rotatable bonds is 0. The minimum Gasteiger partial charge on any atom is -0.269 e. The van der Waals surface area contributed by atoms with Crippen LogP contribution in [-0.2, 0) is 0 Å². The quantitative estimate of drug-likeness (QED) is 0.603. The smallest absolute Gasteiger partial charge is 0.258 e. The van der Waals surface area contributed by atoms with E-state index in [1.165, 1.54) is 6.07 Å². The molecular formula is C10H10N2O. The first kappa shape index (κ1) is 7.98. The Hall–Kier alpha value is -1.64. The van der Waals surface area contributed by atoms with Gasteiger partial charge in [-0.15, -0.1) is 0 Å². The highest BCUT2D eigenvalue weighted by molar-refractivity contribution is 5.47. The number of hydrogen-bond acceptors (Lipinski definition) is 2. The van der Waals surface area contributed by atoms with E-state index in [4.69, 9.17) is 0 Å². The van der Waals surface area contributed by atoms with Crippen LogP contribution in [0.15, 0.2) is 29.2 Å². The van der Waals surface area contributed by atoms with Crippen LogP contribution in [0.4, 0.5) is 0 Å². The van der Waals surface area contributed by atoms with Gasteiger partial charge in [0, 0.05) is 18.0 Å². The molecular weight excluding hydrogens is 164 g/mol. The maximum atomic E-state index is 11.5. The number of aromatic nitrogens is 2. The molecule has 3 nitrogen and oxygen atoms in total. The van der Waals surface area contributed by atoms with Gasteiger partial charge in [-0.05, 0) is 25.5 Å². The van der Waals surface area contributed by atoms with Crippen LogP contribution >= 0.6 is 0 Å². The Morgan fingerprint density at radius 3 is 2.69 bits per heavy atom. The summed E-state index contributed by atoms with van der Waals surface area (Å²) in [6.45, 7) is 3.84. The summed E-state index contributed by atoms with van der Waals surface area (Å²) in [6.07, 6.45) is 1.55. The van der Waals surface area contributed by atoms with Gasteiger partial charge in [-0.1, -0.05) is 6.07 Å². The molecule has 0 aliphatic heterocycles. The van der Waals surface area contributed by atoms with Crippen molar-refractivity contribution in [1.29, 1.82) is 0 Å². The normalized spacial score (nSPS) is 10.6. The van der Waals surface area contributed by atoms with Crippen LogP contribution in [0.3, 0.4) is 0 Å². The topological polar surface area (TPSA) is 34.4 Å². The predicted octanol–water partition coefficient (Wildman–Crippen LogP) is 1.31. The lowest BCUT2D eigenvalue weighted by molar-refractivity contribution is 0.980. The average Bonchev–Trinajstić information content (AvgIpc) is 2.12. The van der Waals surface area contributed by atoms with Crippen molar-refractivity contribution < 1.29 is 0 Å². The minimum absolute atomic E-state index is 0.0220. The van der Waals surface area contributed by atoms with Crippen LogP contribution in [0.2, 0.25) is 0 Å². The standard InChI is InChI=1S/C10H10N2O/c1-7-3-4-8(2)12-9(13)5-6-11-10(7)12/h3-6H,1-2H3. The minimum atomic E-state index is -0.0220. The van der Waals surface area contributed by atoms with E-state index >= 15 is 0 Å². The number of fused-ring (bicyclic) bond motifs is 1. The monoisotopic (exact) mass is 174 g/mol. The Bertz CT molecular complexity index is 514. The van der Waals surface area contributed by atoms with Crippen LogP contribution in [0.25, 0.3) is 5.65 Å². The van der Waals surface area contributed by atoms with Gasteiger partial charge in [-0.3, -0.25) is 9.20 Å². The lowest BCUT2D eigenvalue weighted by Crippen LogP contribution is -2.15. The Balaban J connectivity index is 3.09. The van der Waals surface area contributed by atoms with Gasteiger partial charge < -0.3 is 0 Å². The molecule has 0 saturated heterocycles. The molecule has 0 unspecified atom stereocenters. The second kappa shape index (κ2) is 2.69. The lowest BCUT2D eigenvalue weighted by Gasteiger charge is -2.04. The summed E-state index contributed by atoms with van der Waals surface area (Å²) in [5.74, 6) is 0. The Kier molecular flexibility index (Phi) is 1.65. The zero-order valence-corrected chi connectivity index (χ0v) is 7.61. The third kappa shape index (κ3) is 1.13. The maximum absolute atomic E-state index is 11.5. The molecule has 0 atom stereocenters. The van der Waals surface area contributed by atoms with E-state index in [-0.39, 0.29) is 5.56 Å². The molecule has 13 heavy (non-hydrogen) atoms. The summed E-state index contributed by atoms with van der Waals surface area (Å²) < 4.78 is 1.62. The van der Waals surface area contributed by atoms with Gasteiger partial charge in [0.2, 0.25) is 0 Å². The molecule has 0 saturated carbocycles. The van der Waals surface area contributed by atoms with E-state index in [2.05, 4.69) is 4.98 Å². The SMILES string of the molecule is Cc1ccc(C)n2c(=O)ccnc12. The van der Waals surface area contributed by atoms with Gasteiger partial charge in [0.25, 0.3) is 5.56 Å². The summed E-state index contributed by atoms with van der Waals surface area (Å²) >= 11 is 0. The van der Waals surface area contributed by atoms with Crippen molar-refractivity contribution in [3.05, 3.63) is 46.0 Å². The molecule has 66 valence electrons. The molecule has 2 rings (SSSR count). The Morgan fingerprint density at radius 2 is 2.00 bits per heavy atom. The highest BCUT2D eigenvalue weighted by Crippen LogP contribution is 2.06. The fourth-order valence-electron chi connectivity index (χ4n) is 1.42. The van der Waals surface area contributed by atoms with E-state index < -0.39 is 0 Å². The molecule has 0 amide bonds. The molecule has 0 N–H and O–H groups in total. The molecule has 2 aromatic rings. The fraction of sp³-hybridized carbons (Fsp3) is 0.200. The van der Waals surface area contributed by atoms with Crippen molar-refractivity contribution in [2.45, 2.75) is 13.8 Å². The largest absolute Gasteiger partial charge is 0.269 e. The van der Waals surface area contributed by atoms with Crippen molar-refractivity contribution in [2.24, 2.45) is 0 Å². The summed E-state index contributed by atoms with van der Waals surface area (Å²) in [4.78, 5) is 15.6. The van der Waals surface area contributed by atoms with Gasteiger partial charge in [-0.25, -0.2) is 4.98 Å². The summed E-state index contributed by atoms with van der Waals surface area (Å²) in [5, 5.41) is 0. The van der Waals surface area contributed by atoms with Crippen molar-refractivity contribution >= 4 is 5.65 Å². The summed E-state index contributed by atoms with van der Waals surface area (Å²) in [5.41, 5.74) is 2.65. The van der Waals surface area contributed by atoms with Gasteiger partial charge in [0.05, 0.1) is 0 Å². The molecule has 0 radical (unpaired) electrons. The van der Waals surface area contributed by atoms with Crippen molar-refractivity contribution in [2.75, 3.05) is 0 Å². The van der Waals surface area contributed by atoms with E-state index in [0.29, 0.717) is 0 Å². The zero-order valence-electron chi connectivity index (χ0n) is 7.61. The number of nitrogens with zero attached hydrogens (tertiary/aromatic N) is 2. The number of pyridine rings is 1. The first-order valence-electron chi connectivity index (χ1n) is 4.14. The molecule has 3 heteroatoms. The van der Waals surface area contributed by atoms with Crippen molar-refractivity contribution in [3.8, 4) is 0 Å². The second-order valence-electron chi connectivity index (χ2n) is 3.10. The van der Waals surface area contributed by atoms with Crippen LogP contribution in [0, 0.1) is 13.8 Å². The summed E-state index contributed by atoms with van der Waals surface area (Å²) in [6, 6.07) is 5.36. The Morgan fingerprint density at radius 1 is 1.23 bits per heavy atom. The van der Waals surface area contributed by atoms with Gasteiger partial charge in [0.15, 0.2) is 0 Å². The second-order valence-corrected chi connectivity index (χ2v) is 3.10.